The Labute approximate surface area is 157 Å². The molecule has 0 aliphatic heterocycles. The fourth-order valence-electron chi connectivity index (χ4n) is 2.23. The van der Waals surface area contributed by atoms with Crippen LogP contribution in [0.15, 0.2) is 40.6 Å². The van der Waals surface area contributed by atoms with Gasteiger partial charge in [-0.1, -0.05) is 12.1 Å². The quantitative estimate of drug-likeness (QED) is 0.390. The number of aryl methyl sites for hydroxylation is 1. The molecule has 6 nitrogen and oxygen atoms in total. The largest absolute Gasteiger partial charge is 0.462 e. The molecule has 0 radical (unpaired) electrons. The maximum Gasteiger partial charge on any atom is 0.338 e. The van der Waals surface area contributed by atoms with Gasteiger partial charge in [-0.2, -0.15) is 0 Å². The molecule has 2 rings (SSSR count). The highest BCUT2D eigenvalue weighted by Gasteiger charge is 2.20. The van der Waals surface area contributed by atoms with Crippen LogP contribution in [0.1, 0.15) is 38.4 Å². The Morgan fingerprint density at radius 1 is 1.19 bits per heavy atom. The van der Waals surface area contributed by atoms with Crippen LogP contribution in [0.2, 0.25) is 0 Å². The third-order valence-electron chi connectivity index (χ3n) is 3.78. The van der Waals surface area contributed by atoms with Gasteiger partial charge >= 0.3 is 5.97 Å². The van der Waals surface area contributed by atoms with E-state index in [0.717, 1.165) is 4.31 Å². The highest BCUT2D eigenvalue weighted by molar-refractivity contribution is 7.89. The molecule has 0 aliphatic carbocycles. The summed E-state index contributed by atoms with van der Waals surface area (Å²) in [6.07, 6.45) is 0.707. The molecular weight excluding hydrogens is 374 g/mol. The topological polar surface area (TPSA) is 80.8 Å². The van der Waals surface area contributed by atoms with E-state index in [9.17, 15) is 18.0 Å². The zero-order chi connectivity index (χ0) is 19.3. The minimum atomic E-state index is -3.63. The van der Waals surface area contributed by atoms with Crippen LogP contribution in [0.5, 0.6) is 0 Å². The first kappa shape index (κ1) is 20.3. The highest BCUT2D eigenvalue weighted by Crippen LogP contribution is 2.19. The maximum atomic E-state index is 12.3. The number of sulfonamides is 1. The lowest BCUT2D eigenvalue weighted by atomic mass is 10.1. The number of benzene rings is 1. The first-order chi connectivity index (χ1) is 12.2. The summed E-state index contributed by atoms with van der Waals surface area (Å²) in [5.41, 5.74) is 0.833. The van der Waals surface area contributed by atoms with Crippen molar-refractivity contribution in [1.29, 1.82) is 0 Å². The summed E-state index contributed by atoms with van der Waals surface area (Å²) >= 11 is 1.38. The number of carbonyl (C=O) groups excluding carboxylic acids is 2. The molecule has 0 unspecified atom stereocenters. The summed E-state index contributed by atoms with van der Waals surface area (Å²) in [4.78, 5) is 24.9. The molecule has 2 aromatic rings. The molecule has 0 N–H and O–H groups in total. The summed E-state index contributed by atoms with van der Waals surface area (Å²) < 4.78 is 30.7. The number of carbonyl (C=O) groups is 2. The van der Waals surface area contributed by atoms with Crippen LogP contribution in [-0.4, -0.2) is 45.2 Å². The molecule has 0 saturated carbocycles. The van der Waals surface area contributed by atoms with E-state index < -0.39 is 16.0 Å². The molecule has 0 atom stereocenters. The lowest BCUT2D eigenvalue weighted by molar-refractivity contribution is 0.0493. The van der Waals surface area contributed by atoms with Crippen LogP contribution in [0, 0.1) is 6.92 Å². The van der Waals surface area contributed by atoms with Crippen LogP contribution in [0.3, 0.4) is 0 Å². The van der Waals surface area contributed by atoms with Gasteiger partial charge in [-0.25, -0.2) is 17.5 Å². The van der Waals surface area contributed by atoms with Crippen LogP contribution in [0.25, 0.3) is 0 Å². The zero-order valence-electron chi connectivity index (χ0n) is 14.9. The van der Waals surface area contributed by atoms with E-state index in [1.54, 1.807) is 19.1 Å². The molecule has 0 aliphatic rings. The van der Waals surface area contributed by atoms with Crippen molar-refractivity contribution in [1.82, 2.24) is 4.31 Å². The normalized spacial score (nSPS) is 11.5. The molecule has 1 aromatic heterocycles. The average Bonchev–Trinajstić information content (AvgIpc) is 3.13. The molecular formula is C18H21NO5S2. The number of nitrogens with zero attached hydrogens (tertiary/aromatic N) is 1. The molecule has 140 valence electrons. The lowest BCUT2D eigenvalue weighted by Crippen LogP contribution is -2.22. The minimum absolute atomic E-state index is 0.0197. The number of ketones is 1. The molecule has 0 saturated heterocycles. The molecule has 0 spiro atoms. The second-order valence-corrected chi connectivity index (χ2v) is 9.00. The summed E-state index contributed by atoms with van der Waals surface area (Å²) in [5.74, 6) is -0.576. The van der Waals surface area contributed by atoms with Crippen molar-refractivity contribution >= 4 is 33.1 Å². The number of ether oxygens (including phenoxy) is 1. The number of hydrogen-bond donors (Lipinski definition) is 0. The molecule has 26 heavy (non-hydrogen) atoms. The first-order valence-electron chi connectivity index (χ1n) is 8.00. The Hall–Kier alpha value is -2.03. The summed E-state index contributed by atoms with van der Waals surface area (Å²) in [7, 11) is -0.772. The van der Waals surface area contributed by atoms with Gasteiger partial charge in [0.15, 0.2) is 5.78 Å². The molecule has 1 aromatic carbocycles. The van der Waals surface area contributed by atoms with Gasteiger partial charge in [-0.15, -0.1) is 11.3 Å². The molecule has 0 amide bonds. The maximum absolute atomic E-state index is 12.3. The van der Waals surface area contributed by atoms with Crippen LogP contribution < -0.4 is 0 Å². The third-order valence-corrected chi connectivity index (χ3v) is 6.51. The van der Waals surface area contributed by atoms with E-state index in [0.29, 0.717) is 23.3 Å². The van der Waals surface area contributed by atoms with Crippen molar-refractivity contribution in [2.24, 2.45) is 0 Å². The fraction of sp³-hybridized carbons (Fsp3) is 0.333. The van der Waals surface area contributed by atoms with E-state index >= 15 is 0 Å². The SMILES string of the molecule is Cc1ccc(S(=O)(=O)N(C)C)cc1C(=O)OCCCC(=O)c1cccs1. The highest BCUT2D eigenvalue weighted by atomic mass is 32.2. The van der Waals surface area contributed by atoms with E-state index in [2.05, 4.69) is 0 Å². The Morgan fingerprint density at radius 3 is 2.54 bits per heavy atom. The van der Waals surface area contributed by atoms with Crippen molar-refractivity contribution in [3.8, 4) is 0 Å². The first-order valence-corrected chi connectivity index (χ1v) is 10.3. The Kier molecular flexibility index (Phi) is 6.69. The van der Waals surface area contributed by atoms with Gasteiger partial charge in [0, 0.05) is 20.5 Å². The Bertz CT molecular complexity index is 886. The predicted molar refractivity (Wildman–Crippen MR) is 100 cm³/mol. The van der Waals surface area contributed by atoms with Gasteiger partial charge in [-0.05, 0) is 42.5 Å². The van der Waals surface area contributed by atoms with Gasteiger partial charge in [-0.3, -0.25) is 4.79 Å². The van der Waals surface area contributed by atoms with Crippen molar-refractivity contribution in [3.63, 3.8) is 0 Å². The smallest absolute Gasteiger partial charge is 0.338 e. The van der Waals surface area contributed by atoms with Crippen molar-refractivity contribution in [3.05, 3.63) is 51.7 Å². The molecule has 8 heteroatoms. The van der Waals surface area contributed by atoms with Gasteiger partial charge < -0.3 is 4.74 Å². The lowest BCUT2D eigenvalue weighted by Gasteiger charge is -2.13. The molecule has 0 fully saturated rings. The second kappa shape index (κ2) is 8.57. The predicted octanol–water partition coefficient (Wildman–Crippen LogP) is 3.13. The van der Waals surface area contributed by atoms with E-state index in [1.165, 1.54) is 37.6 Å². The van der Waals surface area contributed by atoms with Gasteiger partial charge in [0.1, 0.15) is 0 Å². The van der Waals surface area contributed by atoms with Gasteiger partial charge in [0.05, 0.1) is 21.9 Å². The van der Waals surface area contributed by atoms with Crippen molar-refractivity contribution in [2.45, 2.75) is 24.7 Å². The second-order valence-electron chi connectivity index (χ2n) is 5.90. The van der Waals surface area contributed by atoms with Gasteiger partial charge in [0.2, 0.25) is 10.0 Å². The Balaban J connectivity index is 1.98. The summed E-state index contributed by atoms with van der Waals surface area (Å²) in [5, 5.41) is 1.84. The standard InChI is InChI=1S/C18H21NO5S2/c1-13-8-9-14(26(22,23)19(2)3)12-15(13)18(21)24-10-4-6-16(20)17-7-5-11-25-17/h5,7-9,11-12H,4,6,10H2,1-3H3. The van der Waals surface area contributed by atoms with Crippen LogP contribution in [-0.2, 0) is 14.8 Å². The summed E-state index contributed by atoms with van der Waals surface area (Å²) in [6, 6.07) is 7.94. The van der Waals surface area contributed by atoms with Crippen molar-refractivity contribution in [2.75, 3.05) is 20.7 Å². The number of Topliss-reactive ketones (excluding diaryl/α,β-unsaturated/α-hetero) is 1. The molecule has 1 heterocycles. The number of thiophene rings is 1. The summed E-state index contributed by atoms with van der Waals surface area (Å²) in [6.45, 7) is 1.81. The van der Waals surface area contributed by atoms with Gasteiger partial charge in [0.25, 0.3) is 0 Å². The third kappa shape index (κ3) is 4.78. The van der Waals surface area contributed by atoms with E-state index in [-0.39, 0.29) is 22.8 Å². The number of rotatable bonds is 8. The minimum Gasteiger partial charge on any atom is -0.462 e. The Morgan fingerprint density at radius 2 is 1.92 bits per heavy atom. The fourth-order valence-corrected chi connectivity index (χ4v) is 3.85. The van der Waals surface area contributed by atoms with Crippen LogP contribution >= 0.6 is 11.3 Å². The van der Waals surface area contributed by atoms with Crippen LogP contribution in [0.4, 0.5) is 0 Å². The van der Waals surface area contributed by atoms with E-state index in [1.807, 2.05) is 11.4 Å². The number of esters is 1. The van der Waals surface area contributed by atoms with E-state index in [4.69, 9.17) is 4.74 Å². The van der Waals surface area contributed by atoms with Crippen molar-refractivity contribution < 1.29 is 22.7 Å². The monoisotopic (exact) mass is 395 g/mol. The zero-order valence-corrected chi connectivity index (χ0v) is 16.5. The number of hydrogen-bond acceptors (Lipinski definition) is 6. The average molecular weight is 396 g/mol. The molecule has 0 bridgehead atoms.